The molecule has 3 rings (SSSR count). The molecule has 1 saturated carbocycles. The molecule has 1 aromatic rings. The van der Waals surface area contributed by atoms with Gasteiger partial charge in [-0.25, -0.2) is 0 Å². The van der Waals surface area contributed by atoms with Gasteiger partial charge in [0, 0.05) is 50.9 Å². The van der Waals surface area contributed by atoms with E-state index in [-0.39, 0.29) is 18.1 Å². The van der Waals surface area contributed by atoms with Crippen molar-refractivity contribution in [2.24, 2.45) is 5.92 Å². The lowest BCUT2D eigenvalue weighted by Gasteiger charge is -2.38. The quantitative estimate of drug-likeness (QED) is 0.783. The van der Waals surface area contributed by atoms with Crippen LogP contribution in [0, 0.1) is 12.8 Å². The zero-order valence-corrected chi connectivity index (χ0v) is 16.2. The maximum atomic E-state index is 12.3. The fourth-order valence-electron chi connectivity index (χ4n) is 4.10. The van der Waals surface area contributed by atoms with Gasteiger partial charge in [0.05, 0.1) is 6.10 Å². The van der Waals surface area contributed by atoms with Crippen LogP contribution in [0.4, 0.5) is 5.69 Å². The van der Waals surface area contributed by atoms with Gasteiger partial charge >= 0.3 is 0 Å². The van der Waals surface area contributed by atoms with Gasteiger partial charge in [0.2, 0.25) is 5.91 Å². The molecule has 2 N–H and O–H groups in total. The molecule has 0 aromatic heterocycles. The lowest BCUT2D eigenvalue weighted by molar-refractivity contribution is -0.123. The summed E-state index contributed by atoms with van der Waals surface area (Å²) < 4.78 is 0. The molecule has 26 heavy (non-hydrogen) atoms. The minimum Gasteiger partial charge on any atom is -0.393 e. The van der Waals surface area contributed by atoms with Crippen molar-refractivity contribution in [3.05, 3.63) is 29.8 Å². The molecule has 0 bridgehead atoms. The van der Waals surface area contributed by atoms with Gasteiger partial charge in [-0.2, -0.15) is 0 Å². The van der Waals surface area contributed by atoms with Crippen LogP contribution in [-0.2, 0) is 4.79 Å². The van der Waals surface area contributed by atoms with Crippen LogP contribution in [0.1, 0.15) is 38.2 Å². The molecule has 1 aromatic carbocycles. The summed E-state index contributed by atoms with van der Waals surface area (Å²) in [6.45, 7) is 9.12. The Morgan fingerprint density at radius 3 is 2.62 bits per heavy atom. The minimum atomic E-state index is -0.157. The third-order valence-electron chi connectivity index (χ3n) is 5.90. The number of piperazine rings is 1. The van der Waals surface area contributed by atoms with Gasteiger partial charge in [0.15, 0.2) is 0 Å². The van der Waals surface area contributed by atoms with Crippen LogP contribution in [0.15, 0.2) is 24.3 Å². The lowest BCUT2D eigenvalue weighted by Crippen LogP contribution is -2.49. The van der Waals surface area contributed by atoms with Crippen LogP contribution in [-0.4, -0.2) is 60.8 Å². The van der Waals surface area contributed by atoms with E-state index >= 15 is 0 Å². The molecule has 1 aliphatic carbocycles. The van der Waals surface area contributed by atoms with E-state index in [1.54, 1.807) is 0 Å². The number of carbonyl (C=O) groups excluding carboxylic acids is 1. The molecule has 144 valence electrons. The molecule has 1 aliphatic heterocycles. The molecule has 1 atom stereocenters. The zero-order valence-electron chi connectivity index (χ0n) is 16.2. The molecule has 0 radical (unpaired) electrons. The summed E-state index contributed by atoms with van der Waals surface area (Å²) in [7, 11) is 0. The fraction of sp³-hybridized carbons (Fsp3) is 0.667. The topological polar surface area (TPSA) is 55.8 Å². The van der Waals surface area contributed by atoms with Crippen LogP contribution >= 0.6 is 0 Å². The SMILES string of the molecule is CC[C@@H](NC(=O)CCN1CCN(c2cccc(C)c2)CC1)C1CC(O)C1. The molecular formula is C21H33N3O2. The zero-order chi connectivity index (χ0) is 18.5. The summed E-state index contributed by atoms with van der Waals surface area (Å²) in [5.74, 6) is 0.608. The Labute approximate surface area is 157 Å². The highest BCUT2D eigenvalue weighted by molar-refractivity contribution is 5.76. The number of nitrogens with zero attached hydrogens (tertiary/aromatic N) is 2. The molecular weight excluding hydrogens is 326 g/mol. The van der Waals surface area contributed by atoms with E-state index in [0.717, 1.165) is 52.0 Å². The smallest absolute Gasteiger partial charge is 0.221 e. The number of aliphatic hydroxyl groups is 1. The van der Waals surface area contributed by atoms with E-state index in [4.69, 9.17) is 0 Å². The first kappa shape index (κ1) is 19.2. The summed E-state index contributed by atoms with van der Waals surface area (Å²) in [6, 6.07) is 8.90. The number of hydrogen-bond donors (Lipinski definition) is 2. The number of aliphatic hydroxyl groups excluding tert-OH is 1. The van der Waals surface area contributed by atoms with Crippen LogP contribution in [0.3, 0.4) is 0 Å². The molecule has 5 heteroatoms. The van der Waals surface area contributed by atoms with Crippen molar-refractivity contribution in [1.29, 1.82) is 0 Å². The van der Waals surface area contributed by atoms with Gasteiger partial charge in [-0.05, 0) is 49.8 Å². The Balaban J connectivity index is 1.37. The van der Waals surface area contributed by atoms with E-state index in [9.17, 15) is 9.90 Å². The second-order valence-corrected chi connectivity index (χ2v) is 7.89. The molecule has 0 spiro atoms. The number of carbonyl (C=O) groups is 1. The maximum absolute atomic E-state index is 12.3. The molecule has 2 aliphatic rings. The summed E-state index contributed by atoms with van der Waals surface area (Å²) in [5, 5.41) is 12.6. The third kappa shape index (κ3) is 4.98. The number of nitrogens with one attached hydrogen (secondary N) is 1. The van der Waals surface area contributed by atoms with Crippen LogP contribution in [0.5, 0.6) is 0 Å². The molecule has 1 heterocycles. The molecule has 1 saturated heterocycles. The number of rotatable bonds is 7. The van der Waals surface area contributed by atoms with Gasteiger partial charge in [0.1, 0.15) is 0 Å². The molecule has 2 fully saturated rings. The van der Waals surface area contributed by atoms with Crippen molar-refractivity contribution in [3.8, 4) is 0 Å². The Morgan fingerprint density at radius 2 is 2.00 bits per heavy atom. The Morgan fingerprint density at radius 1 is 1.27 bits per heavy atom. The van der Waals surface area contributed by atoms with Crippen molar-refractivity contribution < 1.29 is 9.90 Å². The van der Waals surface area contributed by atoms with E-state index in [1.165, 1.54) is 11.3 Å². The first-order chi connectivity index (χ1) is 12.5. The summed E-state index contributed by atoms with van der Waals surface area (Å²) in [4.78, 5) is 17.1. The summed E-state index contributed by atoms with van der Waals surface area (Å²) >= 11 is 0. The number of hydrogen-bond acceptors (Lipinski definition) is 4. The number of aryl methyl sites for hydroxylation is 1. The first-order valence-electron chi connectivity index (χ1n) is 10.1. The van der Waals surface area contributed by atoms with E-state index < -0.39 is 0 Å². The van der Waals surface area contributed by atoms with Crippen molar-refractivity contribution in [2.75, 3.05) is 37.6 Å². The van der Waals surface area contributed by atoms with Gasteiger partial charge in [-0.15, -0.1) is 0 Å². The second kappa shape index (κ2) is 8.87. The average Bonchev–Trinajstić information content (AvgIpc) is 2.62. The van der Waals surface area contributed by atoms with Crippen molar-refractivity contribution in [3.63, 3.8) is 0 Å². The Kier molecular flexibility index (Phi) is 6.54. The van der Waals surface area contributed by atoms with Crippen LogP contribution in [0.25, 0.3) is 0 Å². The van der Waals surface area contributed by atoms with Crippen molar-refractivity contribution in [1.82, 2.24) is 10.2 Å². The molecule has 0 unspecified atom stereocenters. The average molecular weight is 360 g/mol. The van der Waals surface area contributed by atoms with E-state index in [2.05, 4.69) is 53.2 Å². The van der Waals surface area contributed by atoms with Crippen LogP contribution < -0.4 is 10.2 Å². The van der Waals surface area contributed by atoms with Gasteiger partial charge in [-0.3, -0.25) is 9.69 Å². The Bertz CT molecular complexity index is 593. The third-order valence-corrected chi connectivity index (χ3v) is 5.90. The summed E-state index contributed by atoms with van der Waals surface area (Å²) in [6.07, 6.45) is 3.02. The molecule has 1 amide bonds. The first-order valence-corrected chi connectivity index (χ1v) is 10.1. The summed E-state index contributed by atoms with van der Waals surface area (Å²) in [5.41, 5.74) is 2.60. The van der Waals surface area contributed by atoms with Crippen molar-refractivity contribution in [2.45, 2.75) is 51.7 Å². The van der Waals surface area contributed by atoms with Gasteiger partial charge in [0.25, 0.3) is 0 Å². The Hall–Kier alpha value is -1.59. The highest BCUT2D eigenvalue weighted by Gasteiger charge is 2.33. The lowest BCUT2D eigenvalue weighted by atomic mass is 9.76. The molecule has 5 nitrogen and oxygen atoms in total. The predicted octanol–water partition coefficient (Wildman–Crippen LogP) is 2.17. The number of amides is 1. The fourth-order valence-corrected chi connectivity index (χ4v) is 4.10. The largest absolute Gasteiger partial charge is 0.393 e. The van der Waals surface area contributed by atoms with Gasteiger partial charge < -0.3 is 15.3 Å². The van der Waals surface area contributed by atoms with Crippen molar-refractivity contribution >= 4 is 11.6 Å². The van der Waals surface area contributed by atoms with Gasteiger partial charge in [-0.1, -0.05) is 19.1 Å². The predicted molar refractivity (Wildman–Crippen MR) is 105 cm³/mol. The highest BCUT2D eigenvalue weighted by atomic mass is 16.3. The standard InChI is InChI=1S/C21H33N3O2/c1-3-20(17-14-19(25)15-17)22-21(26)7-8-23-9-11-24(12-10-23)18-6-4-5-16(2)13-18/h4-6,13,17,19-20,25H,3,7-12,14-15H2,1-2H3,(H,22,26)/t17?,19?,20-/m1/s1. The normalized spacial score (nSPS) is 24.8. The van der Waals surface area contributed by atoms with E-state index in [1.807, 2.05) is 0 Å². The maximum Gasteiger partial charge on any atom is 0.221 e. The number of anilines is 1. The van der Waals surface area contributed by atoms with E-state index in [0.29, 0.717) is 12.3 Å². The van der Waals surface area contributed by atoms with Crippen LogP contribution in [0.2, 0.25) is 0 Å². The number of benzene rings is 1. The minimum absolute atomic E-state index is 0.152. The monoisotopic (exact) mass is 359 g/mol. The highest BCUT2D eigenvalue weighted by Crippen LogP contribution is 2.31. The second-order valence-electron chi connectivity index (χ2n) is 7.89.